The first kappa shape index (κ1) is 17.3. The van der Waals surface area contributed by atoms with Crippen molar-refractivity contribution in [3.05, 3.63) is 23.2 Å². The maximum absolute atomic E-state index is 5.57. The molecule has 1 heterocycles. The number of nitrogens with one attached hydrogen (secondary N) is 2. The highest BCUT2D eigenvalue weighted by atomic mass is 32.2. The Hall–Kier alpha value is -1.10. The summed E-state index contributed by atoms with van der Waals surface area (Å²) in [6.45, 7) is 9.88. The highest BCUT2D eigenvalue weighted by Gasteiger charge is 2.25. The van der Waals surface area contributed by atoms with Gasteiger partial charge >= 0.3 is 0 Å². The number of aryl methyl sites for hydroxylation is 2. The van der Waals surface area contributed by atoms with Gasteiger partial charge in [-0.15, -0.1) is 0 Å². The van der Waals surface area contributed by atoms with Gasteiger partial charge in [0.25, 0.3) is 0 Å². The number of hydrogen-bond donors (Lipinski definition) is 2. The van der Waals surface area contributed by atoms with E-state index in [2.05, 4.69) is 42.3 Å². The molecule has 2 unspecified atom stereocenters. The lowest BCUT2D eigenvalue weighted by atomic mass is 10.2. The van der Waals surface area contributed by atoms with Crippen LogP contribution in [0.1, 0.15) is 50.2 Å². The maximum Gasteiger partial charge on any atom is 0.191 e. The van der Waals surface area contributed by atoms with E-state index >= 15 is 0 Å². The first-order valence-electron chi connectivity index (χ1n) is 8.34. The maximum atomic E-state index is 5.57. The van der Waals surface area contributed by atoms with Crippen LogP contribution in [0.2, 0.25) is 0 Å². The van der Waals surface area contributed by atoms with Gasteiger partial charge in [-0.1, -0.05) is 6.92 Å². The summed E-state index contributed by atoms with van der Waals surface area (Å²) in [5.74, 6) is 4.06. The average molecular weight is 324 g/mol. The molecule has 0 aliphatic heterocycles. The molecule has 0 amide bonds. The molecule has 1 aromatic heterocycles. The third-order valence-corrected chi connectivity index (χ3v) is 5.26. The number of guanidine groups is 1. The Morgan fingerprint density at radius 3 is 2.82 bits per heavy atom. The molecular weight excluding hydrogens is 294 g/mol. The molecule has 4 nitrogen and oxygen atoms in total. The van der Waals surface area contributed by atoms with E-state index in [1.807, 2.05) is 13.8 Å². The number of thioether (sulfide) groups is 1. The van der Waals surface area contributed by atoms with Gasteiger partial charge in [-0.25, -0.2) is 4.99 Å². The normalized spacial score (nSPS) is 22.1. The van der Waals surface area contributed by atoms with Crippen LogP contribution in [0.5, 0.6) is 0 Å². The molecule has 1 aromatic rings. The zero-order chi connectivity index (χ0) is 15.9. The van der Waals surface area contributed by atoms with Gasteiger partial charge in [-0.3, -0.25) is 0 Å². The smallest absolute Gasteiger partial charge is 0.191 e. The topological polar surface area (TPSA) is 49.6 Å². The minimum atomic E-state index is 0.550. The molecule has 0 bridgehead atoms. The molecule has 0 aromatic carbocycles. The van der Waals surface area contributed by atoms with E-state index in [0.29, 0.717) is 12.6 Å². The Morgan fingerprint density at radius 1 is 1.36 bits per heavy atom. The van der Waals surface area contributed by atoms with Crippen LogP contribution in [0.3, 0.4) is 0 Å². The molecule has 1 aliphatic carbocycles. The van der Waals surface area contributed by atoms with Crippen LogP contribution in [-0.2, 0) is 6.54 Å². The summed E-state index contributed by atoms with van der Waals surface area (Å²) in [6.07, 6.45) is 3.80. The molecule has 2 rings (SSSR count). The van der Waals surface area contributed by atoms with E-state index < -0.39 is 0 Å². The summed E-state index contributed by atoms with van der Waals surface area (Å²) in [5, 5.41) is 7.76. The standard InChI is InChI=1S/C17H29N3OS/c1-5-18-17(19-11-14-9-12(3)21-13(14)4)20-15-7-8-16(10-15)22-6-2/h9,15-16H,5-8,10-11H2,1-4H3,(H2,18,19,20). The van der Waals surface area contributed by atoms with Crippen molar-refractivity contribution < 1.29 is 4.42 Å². The second-order valence-corrected chi connectivity index (χ2v) is 7.44. The SMILES string of the molecule is CCNC(=NCc1cc(C)oc1C)NC1CCC(SCC)C1. The lowest BCUT2D eigenvalue weighted by Gasteiger charge is -2.17. The van der Waals surface area contributed by atoms with Gasteiger partial charge in [0.1, 0.15) is 11.5 Å². The number of furan rings is 1. The van der Waals surface area contributed by atoms with Gasteiger partial charge in [-0.2, -0.15) is 11.8 Å². The number of nitrogens with zero attached hydrogens (tertiary/aromatic N) is 1. The highest BCUT2D eigenvalue weighted by molar-refractivity contribution is 7.99. The minimum Gasteiger partial charge on any atom is -0.466 e. The highest BCUT2D eigenvalue weighted by Crippen LogP contribution is 2.29. The molecule has 0 spiro atoms. The Labute approximate surface area is 138 Å². The Kier molecular flexibility index (Phi) is 6.68. The summed E-state index contributed by atoms with van der Waals surface area (Å²) in [4.78, 5) is 4.72. The minimum absolute atomic E-state index is 0.550. The van der Waals surface area contributed by atoms with Crippen LogP contribution < -0.4 is 10.6 Å². The monoisotopic (exact) mass is 323 g/mol. The Morgan fingerprint density at radius 2 is 2.18 bits per heavy atom. The van der Waals surface area contributed by atoms with E-state index in [1.54, 1.807) is 0 Å². The van der Waals surface area contributed by atoms with Crippen LogP contribution in [-0.4, -0.2) is 29.5 Å². The average Bonchev–Trinajstić information content (AvgIpc) is 3.03. The Bertz CT molecular complexity index is 498. The second kappa shape index (κ2) is 8.51. The van der Waals surface area contributed by atoms with Crippen molar-refractivity contribution in [1.29, 1.82) is 0 Å². The quantitative estimate of drug-likeness (QED) is 0.620. The molecule has 0 saturated heterocycles. The van der Waals surface area contributed by atoms with Crippen LogP contribution in [0, 0.1) is 13.8 Å². The van der Waals surface area contributed by atoms with Crippen molar-refractivity contribution in [2.24, 2.45) is 4.99 Å². The van der Waals surface area contributed by atoms with Crippen molar-refractivity contribution in [2.45, 2.75) is 64.8 Å². The second-order valence-electron chi connectivity index (χ2n) is 5.87. The van der Waals surface area contributed by atoms with E-state index in [-0.39, 0.29) is 0 Å². The lowest BCUT2D eigenvalue weighted by molar-refractivity contribution is 0.501. The first-order chi connectivity index (χ1) is 10.6. The van der Waals surface area contributed by atoms with Gasteiger partial charge in [0.2, 0.25) is 0 Å². The molecule has 2 N–H and O–H groups in total. The molecule has 5 heteroatoms. The molecule has 1 saturated carbocycles. The summed E-state index contributed by atoms with van der Waals surface area (Å²) in [5.41, 5.74) is 1.17. The van der Waals surface area contributed by atoms with Crippen LogP contribution >= 0.6 is 11.8 Å². The molecule has 2 atom stereocenters. The van der Waals surface area contributed by atoms with Gasteiger partial charge in [-0.05, 0) is 51.9 Å². The molecular formula is C17H29N3OS. The fraction of sp³-hybridized carbons (Fsp3) is 0.706. The summed E-state index contributed by atoms with van der Waals surface area (Å²) < 4.78 is 5.57. The van der Waals surface area contributed by atoms with Gasteiger partial charge in [0, 0.05) is 23.4 Å². The largest absolute Gasteiger partial charge is 0.466 e. The first-order valence-corrected chi connectivity index (χ1v) is 9.39. The van der Waals surface area contributed by atoms with Crippen LogP contribution in [0.25, 0.3) is 0 Å². The number of rotatable bonds is 6. The van der Waals surface area contributed by atoms with Gasteiger partial charge in [0.05, 0.1) is 6.54 Å². The van der Waals surface area contributed by atoms with Crippen molar-refractivity contribution >= 4 is 17.7 Å². The third kappa shape index (κ3) is 4.97. The van der Waals surface area contributed by atoms with E-state index in [9.17, 15) is 0 Å². The number of hydrogen-bond acceptors (Lipinski definition) is 3. The van der Waals surface area contributed by atoms with Crippen molar-refractivity contribution in [3.8, 4) is 0 Å². The van der Waals surface area contributed by atoms with Gasteiger partial charge < -0.3 is 15.1 Å². The molecule has 1 fully saturated rings. The zero-order valence-electron chi connectivity index (χ0n) is 14.2. The fourth-order valence-electron chi connectivity index (χ4n) is 2.98. The zero-order valence-corrected chi connectivity index (χ0v) is 15.1. The molecule has 0 radical (unpaired) electrons. The third-order valence-electron chi connectivity index (χ3n) is 4.02. The summed E-state index contributed by atoms with van der Waals surface area (Å²) in [7, 11) is 0. The predicted octanol–water partition coefficient (Wildman–Crippen LogP) is 3.63. The van der Waals surface area contributed by atoms with Crippen LogP contribution in [0.4, 0.5) is 0 Å². The van der Waals surface area contributed by atoms with Crippen molar-refractivity contribution in [3.63, 3.8) is 0 Å². The van der Waals surface area contributed by atoms with E-state index in [0.717, 1.165) is 29.3 Å². The fourth-order valence-corrected chi connectivity index (χ4v) is 4.12. The Balaban J connectivity index is 1.92. The molecule has 22 heavy (non-hydrogen) atoms. The van der Waals surface area contributed by atoms with Crippen molar-refractivity contribution in [2.75, 3.05) is 12.3 Å². The number of aliphatic imine (C=N–C) groups is 1. The van der Waals surface area contributed by atoms with E-state index in [1.165, 1.54) is 30.6 Å². The lowest BCUT2D eigenvalue weighted by Crippen LogP contribution is -2.42. The predicted molar refractivity (Wildman–Crippen MR) is 95.7 cm³/mol. The van der Waals surface area contributed by atoms with Crippen LogP contribution in [0.15, 0.2) is 15.5 Å². The molecule has 1 aliphatic rings. The van der Waals surface area contributed by atoms with E-state index in [4.69, 9.17) is 9.41 Å². The van der Waals surface area contributed by atoms with Crippen molar-refractivity contribution in [1.82, 2.24) is 10.6 Å². The summed E-state index contributed by atoms with van der Waals surface area (Å²) >= 11 is 2.09. The molecule has 124 valence electrons. The van der Waals surface area contributed by atoms with Gasteiger partial charge in [0.15, 0.2) is 5.96 Å². The summed E-state index contributed by atoms with van der Waals surface area (Å²) in [6, 6.07) is 2.63.